The fraction of sp³-hybridized carbons (Fsp3) is 0.556. The van der Waals surface area contributed by atoms with Gasteiger partial charge in [0.05, 0.1) is 22.5 Å². The van der Waals surface area contributed by atoms with Gasteiger partial charge in [-0.15, -0.1) is 5.10 Å². The molecule has 2 atom stereocenters. The third-order valence-corrected chi connectivity index (χ3v) is 8.39. The molecule has 5 heterocycles. The van der Waals surface area contributed by atoms with E-state index in [4.69, 9.17) is 5.10 Å². The van der Waals surface area contributed by atoms with Crippen molar-refractivity contribution in [2.75, 3.05) is 51.2 Å². The van der Waals surface area contributed by atoms with E-state index in [-0.39, 0.29) is 5.92 Å². The van der Waals surface area contributed by atoms with Crippen LogP contribution in [0.3, 0.4) is 0 Å². The molecule has 3 aliphatic rings. The minimum Gasteiger partial charge on any atom is -0.353 e. The lowest BCUT2D eigenvalue weighted by atomic mass is 9.95. The van der Waals surface area contributed by atoms with Crippen molar-refractivity contribution in [1.29, 1.82) is 0 Å². The lowest BCUT2D eigenvalue weighted by Gasteiger charge is -2.34. The Kier molecular flexibility index (Phi) is 5.51. The van der Waals surface area contributed by atoms with Gasteiger partial charge in [0.25, 0.3) is 0 Å². The molecule has 3 aromatic rings. The number of aromatic nitrogens is 4. The van der Waals surface area contributed by atoms with Gasteiger partial charge in [0.1, 0.15) is 5.52 Å². The number of amides is 1. The van der Waals surface area contributed by atoms with Gasteiger partial charge in [-0.05, 0) is 64.6 Å². The van der Waals surface area contributed by atoms with Crippen molar-refractivity contribution >= 4 is 22.6 Å². The van der Waals surface area contributed by atoms with Crippen molar-refractivity contribution in [3.05, 3.63) is 41.2 Å². The Bertz CT molecular complexity index is 1240. The van der Waals surface area contributed by atoms with E-state index >= 15 is 0 Å². The maximum absolute atomic E-state index is 13.3. The smallest absolute Gasteiger partial charge is 0.225 e. The molecular formula is C27H35N7O. The molecule has 1 amide bonds. The molecule has 0 radical (unpaired) electrons. The average Bonchev–Trinajstić information content (AvgIpc) is 3.51. The van der Waals surface area contributed by atoms with Crippen LogP contribution in [0, 0.1) is 38.5 Å². The summed E-state index contributed by atoms with van der Waals surface area (Å²) in [7, 11) is 2.19. The maximum Gasteiger partial charge on any atom is 0.225 e. The first-order chi connectivity index (χ1) is 16.9. The van der Waals surface area contributed by atoms with Crippen LogP contribution >= 0.6 is 0 Å². The van der Waals surface area contributed by atoms with Gasteiger partial charge in [-0.3, -0.25) is 4.79 Å². The van der Waals surface area contributed by atoms with Crippen LogP contribution in [0.5, 0.6) is 0 Å². The van der Waals surface area contributed by atoms with Gasteiger partial charge in [0.2, 0.25) is 5.91 Å². The molecule has 0 aliphatic carbocycles. The van der Waals surface area contributed by atoms with Gasteiger partial charge in [-0.1, -0.05) is 17.7 Å². The second-order valence-electron chi connectivity index (χ2n) is 10.9. The summed E-state index contributed by atoms with van der Waals surface area (Å²) in [5.41, 5.74) is 5.14. The highest BCUT2D eigenvalue weighted by Gasteiger charge is 2.42. The second-order valence-corrected chi connectivity index (χ2v) is 10.9. The summed E-state index contributed by atoms with van der Waals surface area (Å²) in [6.07, 6.45) is 1.72. The van der Waals surface area contributed by atoms with Crippen LogP contribution in [-0.2, 0) is 4.79 Å². The van der Waals surface area contributed by atoms with E-state index in [0.717, 1.165) is 85.9 Å². The monoisotopic (exact) mass is 473 g/mol. The molecule has 2 aromatic heterocycles. The molecule has 1 aromatic carbocycles. The zero-order chi connectivity index (χ0) is 24.3. The Morgan fingerprint density at radius 2 is 1.57 bits per heavy atom. The molecule has 0 saturated carbocycles. The molecule has 2 unspecified atom stereocenters. The summed E-state index contributed by atoms with van der Waals surface area (Å²) >= 11 is 0. The Morgan fingerprint density at radius 1 is 0.914 bits per heavy atom. The summed E-state index contributed by atoms with van der Waals surface area (Å²) in [6.45, 7) is 11.9. The standard InChI is InChI=1S/C27H35N7O/c1-17-5-7-23(8-6-17)34-19(3)24-18(2)28-29-26(25(24)30-34)32-11-9-20(10-12-32)27(35)33-15-21-13-31(4)14-22(21)16-33/h5-8,20-22H,9-16H2,1-4H3. The molecule has 3 saturated heterocycles. The highest BCUT2D eigenvalue weighted by Crippen LogP contribution is 2.34. The van der Waals surface area contributed by atoms with Gasteiger partial charge in [0, 0.05) is 45.2 Å². The Hall–Kier alpha value is -3.00. The maximum atomic E-state index is 13.3. The summed E-state index contributed by atoms with van der Waals surface area (Å²) in [5.74, 6) is 2.63. The second kappa shape index (κ2) is 8.59. The Morgan fingerprint density at radius 3 is 2.23 bits per heavy atom. The van der Waals surface area contributed by atoms with E-state index in [9.17, 15) is 4.79 Å². The van der Waals surface area contributed by atoms with Crippen LogP contribution in [0.2, 0.25) is 0 Å². The third-order valence-electron chi connectivity index (χ3n) is 8.39. The number of rotatable bonds is 3. The zero-order valence-electron chi connectivity index (χ0n) is 21.2. The van der Waals surface area contributed by atoms with E-state index in [0.29, 0.717) is 17.7 Å². The van der Waals surface area contributed by atoms with E-state index < -0.39 is 0 Å². The third kappa shape index (κ3) is 3.88. The molecule has 3 fully saturated rings. The largest absolute Gasteiger partial charge is 0.353 e. The van der Waals surface area contributed by atoms with Crippen LogP contribution in [0.4, 0.5) is 5.82 Å². The number of carbonyl (C=O) groups excluding carboxylic acids is 1. The van der Waals surface area contributed by atoms with Gasteiger partial charge >= 0.3 is 0 Å². The summed E-state index contributed by atoms with van der Waals surface area (Å²) in [4.78, 5) is 20.1. The van der Waals surface area contributed by atoms with Crippen LogP contribution in [0.15, 0.2) is 24.3 Å². The van der Waals surface area contributed by atoms with Gasteiger partial charge in [-0.2, -0.15) is 10.2 Å². The number of aryl methyl sites for hydroxylation is 3. The Labute approximate surface area is 206 Å². The lowest BCUT2D eigenvalue weighted by Crippen LogP contribution is -2.43. The van der Waals surface area contributed by atoms with E-state index in [1.165, 1.54) is 5.56 Å². The first kappa shape index (κ1) is 22.5. The lowest BCUT2D eigenvalue weighted by molar-refractivity contribution is -0.135. The van der Waals surface area contributed by atoms with E-state index in [2.05, 4.69) is 70.1 Å². The van der Waals surface area contributed by atoms with Crippen molar-refractivity contribution in [2.45, 2.75) is 33.6 Å². The number of hydrogen-bond donors (Lipinski definition) is 0. The van der Waals surface area contributed by atoms with Crippen molar-refractivity contribution in [3.63, 3.8) is 0 Å². The number of likely N-dealkylation sites (tertiary alicyclic amines) is 2. The number of nitrogens with zero attached hydrogens (tertiary/aromatic N) is 7. The SMILES string of the molecule is Cc1ccc(-n2nc3c(N4CCC(C(=O)N5CC6CN(C)CC6C5)CC4)nnc(C)c3c2C)cc1. The van der Waals surface area contributed by atoms with Crippen molar-refractivity contribution in [3.8, 4) is 5.69 Å². The first-order valence-electron chi connectivity index (χ1n) is 12.9. The van der Waals surface area contributed by atoms with Gasteiger partial charge in [-0.25, -0.2) is 4.68 Å². The van der Waals surface area contributed by atoms with Crippen LogP contribution in [0.1, 0.15) is 29.8 Å². The van der Waals surface area contributed by atoms with Crippen LogP contribution < -0.4 is 4.90 Å². The predicted molar refractivity (Wildman–Crippen MR) is 137 cm³/mol. The van der Waals surface area contributed by atoms with Crippen LogP contribution in [-0.4, -0.2) is 82.0 Å². The number of benzene rings is 1. The molecule has 8 heteroatoms. The van der Waals surface area contributed by atoms with Crippen molar-refractivity contribution in [1.82, 2.24) is 29.8 Å². The van der Waals surface area contributed by atoms with Crippen molar-refractivity contribution < 1.29 is 4.79 Å². The fourth-order valence-electron chi connectivity index (χ4n) is 6.47. The van der Waals surface area contributed by atoms with E-state index in [1.807, 2.05) is 11.6 Å². The van der Waals surface area contributed by atoms with Crippen molar-refractivity contribution in [2.24, 2.45) is 17.8 Å². The molecule has 35 heavy (non-hydrogen) atoms. The number of hydrogen-bond acceptors (Lipinski definition) is 6. The highest BCUT2D eigenvalue weighted by atomic mass is 16.2. The topological polar surface area (TPSA) is 70.4 Å². The molecular weight excluding hydrogens is 438 g/mol. The molecule has 3 aliphatic heterocycles. The zero-order valence-corrected chi connectivity index (χ0v) is 21.2. The normalized spacial score (nSPS) is 23.4. The minimum atomic E-state index is 0.114. The average molecular weight is 474 g/mol. The molecule has 0 spiro atoms. The summed E-state index contributed by atoms with van der Waals surface area (Å²) in [6, 6.07) is 8.43. The summed E-state index contributed by atoms with van der Waals surface area (Å²) in [5, 5.41) is 15.2. The van der Waals surface area contributed by atoms with Gasteiger partial charge < -0.3 is 14.7 Å². The predicted octanol–water partition coefficient (Wildman–Crippen LogP) is 2.98. The van der Waals surface area contributed by atoms with Gasteiger partial charge in [0.15, 0.2) is 5.82 Å². The highest BCUT2D eigenvalue weighted by molar-refractivity contribution is 5.92. The van der Waals surface area contributed by atoms with Crippen LogP contribution in [0.25, 0.3) is 16.6 Å². The first-order valence-corrected chi connectivity index (χ1v) is 12.9. The molecule has 184 valence electrons. The molecule has 8 nitrogen and oxygen atoms in total. The minimum absolute atomic E-state index is 0.114. The Balaban J connectivity index is 1.20. The number of fused-ring (bicyclic) bond motifs is 2. The molecule has 0 bridgehead atoms. The summed E-state index contributed by atoms with van der Waals surface area (Å²) < 4.78 is 2.00. The van der Waals surface area contributed by atoms with E-state index in [1.54, 1.807) is 0 Å². The fourth-order valence-corrected chi connectivity index (χ4v) is 6.47. The number of carbonyl (C=O) groups is 1. The molecule has 6 rings (SSSR count). The number of piperidine rings is 1. The molecule has 0 N–H and O–H groups in total. The number of anilines is 1. The quantitative estimate of drug-likeness (QED) is 0.583.